The van der Waals surface area contributed by atoms with Gasteiger partial charge in [-0.1, -0.05) is 6.58 Å². The molecule has 0 amide bonds. The van der Waals surface area contributed by atoms with E-state index in [1.165, 1.54) is 0 Å². The van der Waals surface area contributed by atoms with Gasteiger partial charge in [-0.25, -0.2) is 4.79 Å². The Morgan fingerprint density at radius 2 is 1.55 bits per heavy atom. The predicted molar refractivity (Wildman–Crippen MR) is 82.2 cm³/mol. The van der Waals surface area contributed by atoms with Crippen molar-refractivity contribution in [3.8, 4) is 0 Å². The minimum atomic E-state index is -2.55. The number of ether oxygens (including phenoxy) is 2. The molecule has 0 heterocycles. The van der Waals surface area contributed by atoms with E-state index < -0.39 is 14.8 Å². The fourth-order valence-electron chi connectivity index (χ4n) is 1.72. The molecule has 0 aromatic heterocycles. The lowest BCUT2D eigenvalue weighted by molar-refractivity contribution is -0.144. The van der Waals surface area contributed by atoms with Gasteiger partial charge in [-0.15, -0.1) is 0 Å². The van der Waals surface area contributed by atoms with Gasteiger partial charge < -0.3 is 22.8 Å². The number of unbranched alkanes of at least 4 members (excludes halogenated alkanes) is 1. The number of rotatable bonds is 13. The van der Waals surface area contributed by atoms with E-state index in [2.05, 4.69) is 6.58 Å². The Hall–Kier alpha value is -1.22. The van der Waals surface area contributed by atoms with Crippen molar-refractivity contribution in [1.29, 1.82) is 0 Å². The second-order valence-corrected chi connectivity index (χ2v) is 7.54. The Morgan fingerprint density at radius 3 is 2.09 bits per heavy atom. The van der Waals surface area contributed by atoms with Crippen LogP contribution in [0.15, 0.2) is 12.7 Å². The van der Waals surface area contributed by atoms with Crippen LogP contribution in [0.5, 0.6) is 0 Å². The summed E-state index contributed by atoms with van der Waals surface area (Å²) >= 11 is 0. The lowest BCUT2D eigenvalue weighted by Crippen LogP contribution is -2.42. The van der Waals surface area contributed by atoms with Gasteiger partial charge in [-0.3, -0.25) is 4.79 Å². The van der Waals surface area contributed by atoms with Crippen LogP contribution in [0.25, 0.3) is 0 Å². The maximum atomic E-state index is 11.5. The van der Waals surface area contributed by atoms with Crippen LogP contribution in [-0.2, 0) is 32.3 Å². The highest BCUT2D eigenvalue weighted by atomic mass is 28.4. The molecule has 0 atom stereocenters. The molecule has 0 aliphatic heterocycles. The summed E-state index contributed by atoms with van der Waals surface area (Å²) in [5.41, 5.74) is 0. The third kappa shape index (κ3) is 8.93. The van der Waals surface area contributed by atoms with Crippen LogP contribution >= 0.6 is 0 Å². The molecule has 0 aromatic rings. The van der Waals surface area contributed by atoms with Crippen molar-refractivity contribution in [2.75, 3.05) is 34.5 Å². The summed E-state index contributed by atoms with van der Waals surface area (Å²) < 4.78 is 25.7. The lowest BCUT2D eigenvalue weighted by atomic mass is 10.2. The van der Waals surface area contributed by atoms with Gasteiger partial charge in [0.25, 0.3) is 0 Å². The molecule has 22 heavy (non-hydrogen) atoms. The van der Waals surface area contributed by atoms with E-state index in [1.807, 2.05) is 0 Å². The van der Waals surface area contributed by atoms with Crippen LogP contribution < -0.4 is 0 Å². The molecular formula is C14H26O7Si. The van der Waals surface area contributed by atoms with Crippen molar-refractivity contribution in [2.45, 2.75) is 31.7 Å². The molecule has 0 aliphatic rings. The smallest absolute Gasteiger partial charge is 0.466 e. The largest absolute Gasteiger partial charge is 0.500 e. The summed E-state index contributed by atoms with van der Waals surface area (Å²) in [6, 6.07) is 0.654. The Bertz CT molecular complexity index is 334. The van der Waals surface area contributed by atoms with Gasteiger partial charge in [0.2, 0.25) is 0 Å². The van der Waals surface area contributed by atoms with Crippen molar-refractivity contribution in [3.63, 3.8) is 0 Å². The Kier molecular flexibility index (Phi) is 11.6. The first kappa shape index (κ1) is 20.8. The topological polar surface area (TPSA) is 80.3 Å². The molecule has 7 nitrogen and oxygen atoms in total. The standard InChI is InChI=1S/C14H26O7Si/c1-5-13(15)20-10-8-11-21-14(16)9-6-7-12-22(17-2,18-3)19-4/h5H,1,6-12H2,2-4H3. The number of hydrogen-bond donors (Lipinski definition) is 0. The van der Waals surface area contributed by atoms with E-state index in [0.717, 1.165) is 12.5 Å². The highest BCUT2D eigenvalue weighted by Gasteiger charge is 2.36. The van der Waals surface area contributed by atoms with Crippen LogP contribution in [-0.4, -0.2) is 55.3 Å². The molecule has 0 N–H and O–H groups in total. The first-order chi connectivity index (χ1) is 10.5. The van der Waals surface area contributed by atoms with Crippen molar-refractivity contribution in [3.05, 3.63) is 12.7 Å². The molecule has 0 aliphatic carbocycles. The summed E-state index contributed by atoms with van der Waals surface area (Å²) in [5, 5.41) is 0. The quantitative estimate of drug-likeness (QED) is 0.219. The molecule has 0 unspecified atom stereocenters. The highest BCUT2D eigenvalue weighted by Crippen LogP contribution is 2.17. The molecule has 0 spiro atoms. The highest BCUT2D eigenvalue weighted by molar-refractivity contribution is 6.60. The zero-order chi connectivity index (χ0) is 16.8. The zero-order valence-corrected chi connectivity index (χ0v) is 14.6. The Balaban J connectivity index is 3.65. The van der Waals surface area contributed by atoms with E-state index in [1.54, 1.807) is 21.3 Å². The molecule has 0 aromatic carbocycles. The van der Waals surface area contributed by atoms with E-state index in [-0.39, 0.29) is 19.2 Å². The molecule has 8 heteroatoms. The molecule has 0 saturated carbocycles. The summed E-state index contributed by atoms with van der Waals surface area (Å²) in [5.74, 6) is -0.747. The fraction of sp³-hybridized carbons (Fsp3) is 0.714. The normalized spacial score (nSPS) is 11.0. The van der Waals surface area contributed by atoms with Gasteiger partial charge in [-0.05, 0) is 12.8 Å². The summed E-state index contributed by atoms with van der Waals surface area (Å²) in [6.45, 7) is 3.72. The third-order valence-electron chi connectivity index (χ3n) is 3.01. The maximum absolute atomic E-state index is 11.5. The molecule has 0 saturated heterocycles. The van der Waals surface area contributed by atoms with E-state index in [4.69, 9.17) is 22.8 Å². The van der Waals surface area contributed by atoms with Crippen molar-refractivity contribution in [2.24, 2.45) is 0 Å². The molecule has 128 valence electrons. The van der Waals surface area contributed by atoms with Gasteiger partial charge >= 0.3 is 20.7 Å². The minimum Gasteiger partial charge on any atom is -0.466 e. The average molecular weight is 334 g/mol. The molecule has 0 fully saturated rings. The Morgan fingerprint density at radius 1 is 0.955 bits per heavy atom. The average Bonchev–Trinajstić information content (AvgIpc) is 2.55. The second kappa shape index (κ2) is 12.3. The number of carbonyl (C=O) groups is 2. The number of carbonyl (C=O) groups excluding carboxylic acids is 2. The summed E-state index contributed by atoms with van der Waals surface area (Å²) in [7, 11) is 2.14. The lowest BCUT2D eigenvalue weighted by Gasteiger charge is -2.24. The van der Waals surface area contributed by atoms with Crippen molar-refractivity contribution >= 4 is 20.7 Å². The first-order valence-electron chi connectivity index (χ1n) is 7.13. The van der Waals surface area contributed by atoms with Crippen molar-refractivity contribution in [1.82, 2.24) is 0 Å². The summed E-state index contributed by atoms with van der Waals surface area (Å²) in [6.07, 6.45) is 3.32. The van der Waals surface area contributed by atoms with Gasteiger partial charge in [0.1, 0.15) is 0 Å². The van der Waals surface area contributed by atoms with Crippen LogP contribution in [0.1, 0.15) is 25.7 Å². The van der Waals surface area contributed by atoms with Gasteiger partial charge in [0, 0.05) is 46.3 Å². The Labute approximate surface area is 132 Å². The van der Waals surface area contributed by atoms with Gasteiger partial charge in [0.05, 0.1) is 13.2 Å². The third-order valence-corrected chi connectivity index (χ3v) is 5.84. The van der Waals surface area contributed by atoms with Crippen LogP contribution in [0, 0.1) is 0 Å². The van der Waals surface area contributed by atoms with Gasteiger partial charge in [0.15, 0.2) is 0 Å². The van der Waals surface area contributed by atoms with Crippen molar-refractivity contribution < 1.29 is 32.3 Å². The van der Waals surface area contributed by atoms with Crippen LogP contribution in [0.3, 0.4) is 0 Å². The number of hydrogen-bond acceptors (Lipinski definition) is 7. The second-order valence-electron chi connectivity index (χ2n) is 4.45. The zero-order valence-electron chi connectivity index (χ0n) is 13.6. The monoisotopic (exact) mass is 334 g/mol. The summed E-state index contributed by atoms with van der Waals surface area (Å²) in [4.78, 5) is 22.3. The predicted octanol–water partition coefficient (Wildman–Crippen LogP) is 1.70. The molecule has 0 rings (SSSR count). The van der Waals surface area contributed by atoms with E-state index >= 15 is 0 Å². The van der Waals surface area contributed by atoms with Gasteiger partial charge in [-0.2, -0.15) is 0 Å². The first-order valence-corrected chi connectivity index (χ1v) is 9.07. The van der Waals surface area contributed by atoms with Crippen LogP contribution in [0.4, 0.5) is 0 Å². The molecular weight excluding hydrogens is 308 g/mol. The minimum absolute atomic E-state index is 0.210. The molecule has 0 radical (unpaired) electrons. The number of esters is 2. The molecule has 0 bridgehead atoms. The fourth-order valence-corrected chi connectivity index (χ4v) is 3.51. The maximum Gasteiger partial charge on any atom is 0.500 e. The SMILES string of the molecule is C=CC(=O)OCCCOC(=O)CCCC[Si](OC)(OC)OC. The van der Waals surface area contributed by atoms with E-state index in [9.17, 15) is 9.59 Å². The van der Waals surface area contributed by atoms with E-state index in [0.29, 0.717) is 25.3 Å². The van der Waals surface area contributed by atoms with Crippen LogP contribution in [0.2, 0.25) is 6.04 Å².